The lowest BCUT2D eigenvalue weighted by Gasteiger charge is -2.27. The number of hydrogen-bond acceptors (Lipinski definition) is 0. The first kappa shape index (κ1) is 16.0. The van der Waals surface area contributed by atoms with Gasteiger partial charge < -0.3 is 0 Å². The van der Waals surface area contributed by atoms with Gasteiger partial charge in [-0.25, -0.2) is 17.6 Å². The van der Waals surface area contributed by atoms with Gasteiger partial charge in [0.1, 0.15) is 0 Å². The van der Waals surface area contributed by atoms with Gasteiger partial charge in [-0.05, 0) is 36.3 Å². The van der Waals surface area contributed by atoms with Gasteiger partial charge in [0.15, 0.2) is 23.3 Å². The third-order valence-corrected chi connectivity index (χ3v) is 4.81. The van der Waals surface area contributed by atoms with Gasteiger partial charge >= 0.3 is 0 Å². The quantitative estimate of drug-likeness (QED) is 0.577. The van der Waals surface area contributed by atoms with Crippen LogP contribution in [0.1, 0.15) is 44.1 Å². The molecule has 0 radical (unpaired) electrons. The molecule has 1 saturated carbocycles. The molecule has 23 heavy (non-hydrogen) atoms. The predicted molar refractivity (Wildman–Crippen MR) is 82.1 cm³/mol. The van der Waals surface area contributed by atoms with E-state index in [1.165, 1.54) is 24.3 Å². The summed E-state index contributed by atoms with van der Waals surface area (Å²) >= 11 is 0. The minimum atomic E-state index is -1.16. The maximum Gasteiger partial charge on any atom is 0.167 e. The molecular weight excluding hydrogens is 304 g/mol. The Morgan fingerprint density at radius 1 is 0.739 bits per heavy atom. The van der Waals surface area contributed by atoms with Crippen molar-refractivity contribution in [1.82, 2.24) is 0 Å². The zero-order valence-corrected chi connectivity index (χ0v) is 12.9. The maximum absolute atomic E-state index is 14.5. The first-order valence-electron chi connectivity index (χ1n) is 7.91. The molecule has 4 heteroatoms. The van der Waals surface area contributed by atoms with E-state index in [4.69, 9.17) is 0 Å². The highest BCUT2D eigenvalue weighted by Gasteiger charge is 2.25. The topological polar surface area (TPSA) is 0 Å². The van der Waals surface area contributed by atoms with Gasteiger partial charge in [-0.15, -0.1) is 0 Å². The van der Waals surface area contributed by atoms with E-state index in [1.807, 2.05) is 0 Å². The van der Waals surface area contributed by atoms with E-state index in [0.717, 1.165) is 31.7 Å². The minimum absolute atomic E-state index is 0.00731. The van der Waals surface area contributed by atoms with Crippen LogP contribution in [0.4, 0.5) is 17.6 Å². The molecule has 0 spiro atoms. The van der Waals surface area contributed by atoms with Crippen LogP contribution in [-0.4, -0.2) is 0 Å². The molecule has 0 saturated heterocycles. The van der Waals surface area contributed by atoms with Gasteiger partial charge in [0.05, 0.1) is 0 Å². The van der Waals surface area contributed by atoms with Crippen LogP contribution in [0.2, 0.25) is 0 Å². The zero-order valence-electron chi connectivity index (χ0n) is 12.9. The second-order valence-corrected chi connectivity index (χ2v) is 6.39. The highest BCUT2D eigenvalue weighted by Crippen LogP contribution is 2.39. The molecule has 0 N–H and O–H groups in total. The molecule has 0 heterocycles. The summed E-state index contributed by atoms with van der Waals surface area (Å²) < 4.78 is 56.0. The van der Waals surface area contributed by atoms with Crippen LogP contribution >= 0.6 is 0 Å². The molecule has 0 amide bonds. The standard InChI is InChI=1S/C19H18F4/c1-11-5-7-12(8-6-11)13-9-10-15(19(23)18(13)22)14-3-2-4-16(20)17(14)21/h2-4,9-12H,5-8H2,1H3. The lowest BCUT2D eigenvalue weighted by Crippen LogP contribution is -2.13. The molecule has 1 fully saturated rings. The van der Waals surface area contributed by atoms with Crippen molar-refractivity contribution < 1.29 is 17.6 Å². The van der Waals surface area contributed by atoms with Crippen molar-refractivity contribution in [1.29, 1.82) is 0 Å². The smallest absolute Gasteiger partial charge is 0.167 e. The zero-order chi connectivity index (χ0) is 16.6. The number of hydrogen-bond donors (Lipinski definition) is 0. The Morgan fingerprint density at radius 2 is 1.39 bits per heavy atom. The molecule has 0 bridgehead atoms. The summed E-state index contributed by atoms with van der Waals surface area (Å²) in [6.45, 7) is 2.16. The number of benzene rings is 2. The highest BCUT2D eigenvalue weighted by molar-refractivity contribution is 5.65. The Balaban J connectivity index is 1.99. The molecule has 2 aromatic rings. The largest absolute Gasteiger partial charge is 0.204 e. The number of rotatable bonds is 2. The molecule has 0 atom stereocenters. The van der Waals surface area contributed by atoms with Crippen molar-refractivity contribution in [2.75, 3.05) is 0 Å². The van der Waals surface area contributed by atoms with Crippen molar-refractivity contribution in [3.05, 3.63) is 59.2 Å². The Morgan fingerprint density at radius 3 is 2.09 bits per heavy atom. The van der Waals surface area contributed by atoms with Crippen molar-refractivity contribution in [2.24, 2.45) is 5.92 Å². The maximum atomic E-state index is 14.5. The second-order valence-electron chi connectivity index (χ2n) is 6.39. The third kappa shape index (κ3) is 2.99. The van der Waals surface area contributed by atoms with Crippen molar-refractivity contribution >= 4 is 0 Å². The first-order valence-corrected chi connectivity index (χ1v) is 7.91. The fourth-order valence-corrected chi connectivity index (χ4v) is 3.37. The van der Waals surface area contributed by atoms with E-state index in [0.29, 0.717) is 11.5 Å². The average Bonchev–Trinajstić information content (AvgIpc) is 2.54. The van der Waals surface area contributed by atoms with Crippen LogP contribution in [0.15, 0.2) is 30.3 Å². The summed E-state index contributed by atoms with van der Waals surface area (Å²) in [5.74, 6) is -3.68. The number of halogens is 4. The van der Waals surface area contributed by atoms with Crippen molar-refractivity contribution in [3.63, 3.8) is 0 Å². The summed E-state index contributed by atoms with van der Waals surface area (Å²) in [5, 5.41) is 0. The van der Waals surface area contributed by atoms with Crippen molar-refractivity contribution in [3.8, 4) is 11.1 Å². The van der Waals surface area contributed by atoms with Crippen LogP contribution < -0.4 is 0 Å². The van der Waals surface area contributed by atoms with E-state index < -0.39 is 23.3 Å². The molecule has 2 aromatic carbocycles. The normalized spacial score (nSPS) is 21.4. The summed E-state index contributed by atoms with van der Waals surface area (Å²) in [4.78, 5) is 0. The predicted octanol–water partition coefficient (Wildman–Crippen LogP) is 6.20. The Labute approximate surface area is 133 Å². The van der Waals surface area contributed by atoms with E-state index in [-0.39, 0.29) is 17.0 Å². The molecular formula is C19H18F4. The Hall–Kier alpha value is -1.84. The molecule has 122 valence electrons. The van der Waals surface area contributed by atoms with E-state index in [1.54, 1.807) is 0 Å². The average molecular weight is 322 g/mol. The minimum Gasteiger partial charge on any atom is -0.204 e. The third-order valence-electron chi connectivity index (χ3n) is 4.81. The molecule has 0 nitrogen and oxygen atoms in total. The Kier molecular flexibility index (Phi) is 4.42. The van der Waals surface area contributed by atoms with Gasteiger partial charge in [0.25, 0.3) is 0 Å². The second kappa shape index (κ2) is 6.34. The summed E-state index contributed by atoms with van der Waals surface area (Å²) in [6.07, 6.45) is 3.63. The highest BCUT2D eigenvalue weighted by atomic mass is 19.2. The van der Waals surface area contributed by atoms with Crippen molar-refractivity contribution in [2.45, 2.75) is 38.5 Å². The molecule has 0 aliphatic heterocycles. The Bertz CT molecular complexity index is 716. The lowest BCUT2D eigenvalue weighted by atomic mass is 9.79. The SMILES string of the molecule is CC1CCC(c2ccc(-c3cccc(F)c3F)c(F)c2F)CC1. The monoisotopic (exact) mass is 322 g/mol. The van der Waals surface area contributed by atoms with Gasteiger partial charge in [-0.2, -0.15) is 0 Å². The van der Waals surface area contributed by atoms with Gasteiger partial charge in [0.2, 0.25) is 0 Å². The summed E-state index contributed by atoms with van der Waals surface area (Å²) in [6, 6.07) is 6.34. The van der Waals surface area contributed by atoms with E-state index >= 15 is 0 Å². The molecule has 3 rings (SSSR count). The fraction of sp³-hybridized carbons (Fsp3) is 0.368. The van der Waals surface area contributed by atoms with Crippen LogP contribution in [0.25, 0.3) is 11.1 Å². The molecule has 0 unspecified atom stereocenters. The molecule has 1 aliphatic carbocycles. The summed E-state index contributed by atoms with van der Waals surface area (Å²) in [7, 11) is 0. The van der Waals surface area contributed by atoms with Crippen LogP contribution in [0, 0.1) is 29.2 Å². The molecule has 0 aromatic heterocycles. The van der Waals surface area contributed by atoms with E-state index in [9.17, 15) is 17.6 Å². The first-order chi connectivity index (χ1) is 11.0. The van der Waals surface area contributed by atoms with Crippen LogP contribution in [0.5, 0.6) is 0 Å². The van der Waals surface area contributed by atoms with Gasteiger partial charge in [-0.3, -0.25) is 0 Å². The van der Waals surface area contributed by atoms with E-state index in [2.05, 4.69) is 6.92 Å². The van der Waals surface area contributed by atoms with Gasteiger partial charge in [-0.1, -0.05) is 44.0 Å². The van der Waals surface area contributed by atoms with Crippen LogP contribution in [0.3, 0.4) is 0 Å². The van der Waals surface area contributed by atoms with Gasteiger partial charge in [0, 0.05) is 11.1 Å². The fourth-order valence-electron chi connectivity index (χ4n) is 3.37. The lowest BCUT2D eigenvalue weighted by molar-refractivity contribution is 0.339. The summed E-state index contributed by atoms with van der Waals surface area (Å²) in [5.41, 5.74) is -0.160. The van der Waals surface area contributed by atoms with Crippen LogP contribution in [-0.2, 0) is 0 Å². The molecule has 1 aliphatic rings.